The molecule has 1 amide bonds. The summed E-state index contributed by atoms with van der Waals surface area (Å²) in [4.78, 5) is 14.4. The van der Waals surface area contributed by atoms with Crippen molar-refractivity contribution in [3.05, 3.63) is 70.5 Å². The van der Waals surface area contributed by atoms with Crippen LogP contribution in [0, 0.1) is 5.82 Å². The lowest BCUT2D eigenvalue weighted by Crippen LogP contribution is -2.48. The van der Waals surface area contributed by atoms with E-state index >= 15 is 0 Å². The summed E-state index contributed by atoms with van der Waals surface area (Å²) in [6.45, 7) is 1.15. The maximum atomic E-state index is 13.3. The first-order valence-electron chi connectivity index (χ1n) is 10.3. The molecule has 3 rings (SSSR count). The van der Waals surface area contributed by atoms with Crippen LogP contribution in [0.3, 0.4) is 0 Å². The van der Waals surface area contributed by atoms with E-state index in [1.165, 1.54) is 31.4 Å². The highest BCUT2D eigenvalue weighted by molar-refractivity contribution is 7.80. The average molecular weight is 448 g/mol. The highest BCUT2D eigenvalue weighted by Gasteiger charge is 2.23. The molecule has 2 aromatic rings. The lowest BCUT2D eigenvalue weighted by molar-refractivity contribution is -0.120. The third-order valence-corrected chi connectivity index (χ3v) is 5.98. The lowest BCUT2D eigenvalue weighted by atomic mass is 9.94. The number of nitrogens with one attached hydrogen (secondary N) is 2. The van der Waals surface area contributed by atoms with Crippen LogP contribution in [-0.2, 0) is 17.9 Å². The molecular formula is C23H27ClFN3OS. The van der Waals surface area contributed by atoms with Crippen molar-refractivity contribution in [1.29, 1.82) is 0 Å². The molecule has 2 aromatic carbocycles. The van der Waals surface area contributed by atoms with E-state index in [0.717, 1.165) is 24.0 Å². The smallest absolute Gasteiger partial charge is 0.239 e. The molecule has 0 atom stereocenters. The Bertz CT molecular complexity index is 839. The molecule has 30 heavy (non-hydrogen) atoms. The molecule has 0 heterocycles. The van der Waals surface area contributed by atoms with Gasteiger partial charge in [-0.3, -0.25) is 4.79 Å². The maximum Gasteiger partial charge on any atom is 0.239 e. The van der Waals surface area contributed by atoms with Crippen LogP contribution in [0.5, 0.6) is 0 Å². The summed E-state index contributed by atoms with van der Waals surface area (Å²) >= 11 is 11.5. The van der Waals surface area contributed by atoms with Crippen LogP contribution in [0.1, 0.15) is 43.2 Å². The number of amides is 1. The standard InChI is InChI=1S/C23H27ClFN3OS/c24-19-10-6-17(7-11-19)14-26-22(29)15-27-23(30)28(21-4-2-1-3-5-21)16-18-8-12-20(25)13-9-18/h6-13,21H,1-5,14-16H2,(H,26,29)(H,27,30). The van der Waals surface area contributed by atoms with Crippen molar-refractivity contribution < 1.29 is 9.18 Å². The molecule has 1 saturated carbocycles. The molecule has 0 spiro atoms. The molecule has 1 aliphatic rings. The van der Waals surface area contributed by atoms with E-state index in [1.54, 1.807) is 24.3 Å². The van der Waals surface area contributed by atoms with Gasteiger partial charge in [0, 0.05) is 24.2 Å². The molecule has 0 aliphatic heterocycles. The third kappa shape index (κ3) is 6.96. The summed E-state index contributed by atoms with van der Waals surface area (Å²) in [5.74, 6) is -0.376. The largest absolute Gasteiger partial charge is 0.353 e. The number of thiocarbonyl (C=S) groups is 1. The Morgan fingerprint density at radius 2 is 1.63 bits per heavy atom. The van der Waals surface area contributed by atoms with Crippen LogP contribution in [0.4, 0.5) is 4.39 Å². The van der Waals surface area contributed by atoms with Gasteiger partial charge in [0.1, 0.15) is 5.82 Å². The van der Waals surface area contributed by atoms with E-state index < -0.39 is 0 Å². The van der Waals surface area contributed by atoms with E-state index in [0.29, 0.717) is 29.3 Å². The number of benzene rings is 2. The fourth-order valence-corrected chi connectivity index (χ4v) is 4.08. The Balaban J connectivity index is 1.54. The van der Waals surface area contributed by atoms with Gasteiger partial charge in [-0.25, -0.2) is 4.39 Å². The van der Waals surface area contributed by atoms with E-state index in [9.17, 15) is 9.18 Å². The Labute approximate surface area is 187 Å². The number of rotatable bonds is 7. The Morgan fingerprint density at radius 1 is 1.00 bits per heavy atom. The topological polar surface area (TPSA) is 44.4 Å². The quantitative estimate of drug-likeness (QED) is 0.598. The van der Waals surface area contributed by atoms with Gasteiger partial charge in [0.15, 0.2) is 5.11 Å². The zero-order valence-electron chi connectivity index (χ0n) is 16.9. The summed E-state index contributed by atoms with van der Waals surface area (Å²) in [5.41, 5.74) is 1.98. The average Bonchev–Trinajstić information content (AvgIpc) is 2.77. The first-order chi connectivity index (χ1) is 14.5. The van der Waals surface area contributed by atoms with Crippen molar-refractivity contribution in [3.8, 4) is 0 Å². The monoisotopic (exact) mass is 447 g/mol. The van der Waals surface area contributed by atoms with Gasteiger partial charge in [0.2, 0.25) is 5.91 Å². The maximum absolute atomic E-state index is 13.3. The summed E-state index contributed by atoms with van der Waals surface area (Å²) in [6.07, 6.45) is 5.75. The summed E-state index contributed by atoms with van der Waals surface area (Å²) in [7, 11) is 0. The molecule has 2 N–H and O–H groups in total. The Kier molecular flexibility index (Phi) is 8.46. The van der Waals surface area contributed by atoms with Gasteiger partial charge in [-0.2, -0.15) is 0 Å². The van der Waals surface area contributed by atoms with Crippen molar-refractivity contribution in [3.63, 3.8) is 0 Å². The number of hydrogen-bond acceptors (Lipinski definition) is 2. The van der Waals surface area contributed by atoms with Crippen molar-refractivity contribution in [2.75, 3.05) is 6.54 Å². The summed E-state index contributed by atoms with van der Waals surface area (Å²) in [5, 5.41) is 7.22. The molecule has 0 saturated heterocycles. The predicted octanol–water partition coefficient (Wildman–Crippen LogP) is 4.80. The molecule has 1 aliphatic carbocycles. The fourth-order valence-electron chi connectivity index (χ4n) is 3.67. The van der Waals surface area contributed by atoms with Gasteiger partial charge < -0.3 is 15.5 Å². The predicted molar refractivity (Wildman–Crippen MR) is 123 cm³/mol. The molecule has 0 aromatic heterocycles. The van der Waals surface area contributed by atoms with Crippen LogP contribution < -0.4 is 10.6 Å². The van der Waals surface area contributed by atoms with Crippen molar-refractivity contribution in [1.82, 2.24) is 15.5 Å². The van der Waals surface area contributed by atoms with Gasteiger partial charge in [-0.05, 0) is 60.5 Å². The van der Waals surface area contributed by atoms with E-state index in [-0.39, 0.29) is 18.3 Å². The van der Waals surface area contributed by atoms with Crippen LogP contribution in [0.2, 0.25) is 5.02 Å². The van der Waals surface area contributed by atoms with Crippen LogP contribution in [-0.4, -0.2) is 28.5 Å². The minimum Gasteiger partial charge on any atom is -0.353 e. The zero-order valence-corrected chi connectivity index (χ0v) is 18.4. The molecule has 0 unspecified atom stereocenters. The fraction of sp³-hybridized carbons (Fsp3) is 0.391. The number of carbonyl (C=O) groups is 1. The van der Waals surface area contributed by atoms with E-state index in [4.69, 9.17) is 23.8 Å². The normalized spacial score (nSPS) is 14.2. The molecule has 4 nitrogen and oxygen atoms in total. The van der Waals surface area contributed by atoms with Crippen molar-refractivity contribution in [2.24, 2.45) is 0 Å². The molecule has 1 fully saturated rings. The zero-order chi connectivity index (χ0) is 21.3. The second-order valence-electron chi connectivity index (χ2n) is 7.61. The Morgan fingerprint density at radius 3 is 2.30 bits per heavy atom. The van der Waals surface area contributed by atoms with Gasteiger partial charge in [-0.1, -0.05) is 55.1 Å². The van der Waals surface area contributed by atoms with Gasteiger partial charge in [0.05, 0.1) is 6.54 Å². The van der Waals surface area contributed by atoms with Gasteiger partial charge in [-0.15, -0.1) is 0 Å². The van der Waals surface area contributed by atoms with E-state index in [2.05, 4.69) is 15.5 Å². The van der Waals surface area contributed by atoms with Crippen molar-refractivity contribution in [2.45, 2.75) is 51.2 Å². The number of hydrogen-bond donors (Lipinski definition) is 2. The minimum atomic E-state index is -0.249. The lowest BCUT2D eigenvalue weighted by Gasteiger charge is -2.36. The molecule has 0 radical (unpaired) electrons. The Hall–Kier alpha value is -2.18. The number of nitrogens with zero attached hydrogens (tertiary/aromatic N) is 1. The first-order valence-corrected chi connectivity index (χ1v) is 11.1. The summed E-state index contributed by atoms with van der Waals surface area (Å²) < 4.78 is 13.3. The molecule has 7 heteroatoms. The molecule has 0 bridgehead atoms. The molecule has 160 valence electrons. The first kappa shape index (κ1) is 22.5. The highest BCUT2D eigenvalue weighted by Crippen LogP contribution is 2.24. The van der Waals surface area contributed by atoms with E-state index in [1.807, 2.05) is 12.1 Å². The van der Waals surface area contributed by atoms with Gasteiger partial charge in [0.25, 0.3) is 0 Å². The third-order valence-electron chi connectivity index (χ3n) is 5.35. The van der Waals surface area contributed by atoms with Gasteiger partial charge >= 0.3 is 0 Å². The number of halogens is 2. The SMILES string of the molecule is O=C(CNC(=S)N(Cc1ccc(F)cc1)C1CCCCC1)NCc1ccc(Cl)cc1. The van der Waals surface area contributed by atoms with Crippen LogP contribution in [0.25, 0.3) is 0 Å². The minimum absolute atomic E-state index is 0.110. The number of carbonyl (C=O) groups excluding carboxylic acids is 1. The van der Waals surface area contributed by atoms with Crippen LogP contribution >= 0.6 is 23.8 Å². The second kappa shape index (κ2) is 11.3. The van der Waals surface area contributed by atoms with Crippen LogP contribution in [0.15, 0.2) is 48.5 Å². The van der Waals surface area contributed by atoms with Crippen molar-refractivity contribution >= 4 is 34.8 Å². The summed E-state index contributed by atoms with van der Waals surface area (Å²) in [6, 6.07) is 14.2. The second-order valence-corrected chi connectivity index (χ2v) is 8.43. The highest BCUT2D eigenvalue weighted by atomic mass is 35.5. The molecular weight excluding hydrogens is 421 g/mol.